The molecular formula is C5H9F2O. The van der Waals surface area contributed by atoms with Gasteiger partial charge in [0.1, 0.15) is 6.17 Å². The smallest absolute Gasteiger partial charge is 0.105 e. The summed E-state index contributed by atoms with van der Waals surface area (Å²) < 4.78 is 23.2. The van der Waals surface area contributed by atoms with Crippen LogP contribution in [0.15, 0.2) is 0 Å². The van der Waals surface area contributed by atoms with Gasteiger partial charge in [-0.15, -0.1) is 0 Å². The Hall–Kier alpha value is -0.180. The molecule has 0 aliphatic carbocycles. The molecule has 0 aromatic carbocycles. The fraction of sp³-hybridized carbons (Fsp3) is 1.00. The highest BCUT2D eigenvalue weighted by atomic mass is 19.1. The first-order valence-corrected chi connectivity index (χ1v) is 2.59. The minimum Gasteiger partial charge on any atom is -0.251 e. The molecule has 0 aliphatic heterocycles. The lowest BCUT2D eigenvalue weighted by atomic mass is 10.2. The molecule has 0 aromatic heterocycles. The fourth-order valence-corrected chi connectivity index (χ4v) is 0.391. The third-order valence-electron chi connectivity index (χ3n) is 0.853. The zero-order valence-electron chi connectivity index (χ0n) is 4.57. The second-order valence-electron chi connectivity index (χ2n) is 1.57. The van der Waals surface area contributed by atoms with Crippen LogP contribution in [-0.2, 0) is 5.11 Å². The van der Waals surface area contributed by atoms with Crippen molar-refractivity contribution in [2.75, 3.05) is 13.3 Å². The minimum atomic E-state index is -1.22. The highest BCUT2D eigenvalue weighted by Crippen LogP contribution is 2.01. The van der Waals surface area contributed by atoms with Crippen LogP contribution in [0.5, 0.6) is 0 Å². The van der Waals surface area contributed by atoms with E-state index in [1.807, 2.05) is 0 Å². The van der Waals surface area contributed by atoms with Gasteiger partial charge in [0.05, 0.1) is 13.3 Å². The molecule has 1 unspecified atom stereocenters. The quantitative estimate of drug-likeness (QED) is 0.540. The summed E-state index contributed by atoms with van der Waals surface area (Å²) in [7, 11) is 0. The summed E-state index contributed by atoms with van der Waals surface area (Å²) >= 11 is 0. The monoisotopic (exact) mass is 123 g/mol. The second-order valence-corrected chi connectivity index (χ2v) is 1.57. The van der Waals surface area contributed by atoms with Gasteiger partial charge in [-0.25, -0.2) is 9.50 Å². The van der Waals surface area contributed by atoms with E-state index in [9.17, 15) is 13.9 Å². The van der Waals surface area contributed by atoms with Gasteiger partial charge in [-0.3, -0.25) is 4.39 Å². The van der Waals surface area contributed by atoms with Crippen LogP contribution in [0.4, 0.5) is 8.78 Å². The predicted octanol–water partition coefficient (Wildman–Crippen LogP) is 1.50. The number of hydrogen-bond acceptors (Lipinski definition) is 0. The maximum atomic E-state index is 12.0. The fourth-order valence-electron chi connectivity index (χ4n) is 0.391. The third-order valence-corrected chi connectivity index (χ3v) is 0.853. The van der Waals surface area contributed by atoms with Gasteiger partial charge in [0.15, 0.2) is 0 Å². The Morgan fingerprint density at radius 1 is 1.38 bits per heavy atom. The van der Waals surface area contributed by atoms with Gasteiger partial charge in [0.2, 0.25) is 0 Å². The number of hydrogen-bond donors (Lipinski definition) is 0. The number of halogens is 2. The Labute approximate surface area is 47.3 Å². The molecule has 1 atom stereocenters. The molecular weight excluding hydrogens is 114 g/mol. The van der Waals surface area contributed by atoms with Crippen molar-refractivity contribution in [3.63, 3.8) is 0 Å². The van der Waals surface area contributed by atoms with Crippen LogP contribution in [-0.4, -0.2) is 19.5 Å². The zero-order chi connectivity index (χ0) is 6.41. The summed E-state index contributed by atoms with van der Waals surface area (Å²) in [5.41, 5.74) is 0. The molecule has 0 heterocycles. The van der Waals surface area contributed by atoms with Crippen LogP contribution in [0.2, 0.25) is 0 Å². The molecule has 0 N–H and O–H groups in total. The van der Waals surface area contributed by atoms with Crippen LogP contribution in [0, 0.1) is 0 Å². The van der Waals surface area contributed by atoms with Crippen molar-refractivity contribution in [2.45, 2.75) is 19.0 Å². The van der Waals surface area contributed by atoms with Gasteiger partial charge < -0.3 is 0 Å². The van der Waals surface area contributed by atoms with Crippen molar-refractivity contribution in [1.29, 1.82) is 0 Å². The molecule has 1 radical (unpaired) electrons. The van der Waals surface area contributed by atoms with Gasteiger partial charge in [-0.1, -0.05) is 0 Å². The third kappa shape index (κ3) is 3.99. The second kappa shape index (κ2) is 4.97. The van der Waals surface area contributed by atoms with Gasteiger partial charge in [0.25, 0.3) is 0 Å². The lowest BCUT2D eigenvalue weighted by molar-refractivity contribution is 0.147. The summed E-state index contributed by atoms with van der Waals surface area (Å²) in [6.07, 6.45) is -1.40. The van der Waals surface area contributed by atoms with E-state index < -0.39 is 19.5 Å². The lowest BCUT2D eigenvalue weighted by Gasteiger charge is -1.98. The lowest BCUT2D eigenvalue weighted by Crippen LogP contribution is -2.02. The van der Waals surface area contributed by atoms with Crippen molar-refractivity contribution in [3.05, 3.63) is 0 Å². The first-order chi connectivity index (χ1) is 3.81. The molecule has 1 nitrogen and oxygen atoms in total. The SMILES string of the molecule is [O]CCC(F)CCF. The predicted molar refractivity (Wildman–Crippen MR) is 25.7 cm³/mol. The van der Waals surface area contributed by atoms with Crippen LogP contribution >= 0.6 is 0 Å². The average Bonchev–Trinajstić information content (AvgIpc) is 1.68. The van der Waals surface area contributed by atoms with Gasteiger partial charge >= 0.3 is 0 Å². The van der Waals surface area contributed by atoms with Crippen molar-refractivity contribution >= 4 is 0 Å². The molecule has 49 valence electrons. The van der Waals surface area contributed by atoms with E-state index in [4.69, 9.17) is 0 Å². The molecule has 0 spiro atoms. The Balaban J connectivity index is 2.92. The maximum absolute atomic E-state index is 12.0. The largest absolute Gasteiger partial charge is 0.251 e. The van der Waals surface area contributed by atoms with E-state index in [1.165, 1.54) is 0 Å². The van der Waals surface area contributed by atoms with Crippen molar-refractivity contribution in [1.82, 2.24) is 0 Å². The highest BCUT2D eigenvalue weighted by Gasteiger charge is 2.03. The van der Waals surface area contributed by atoms with E-state index in [2.05, 4.69) is 0 Å². The molecule has 0 amide bonds. The summed E-state index contributed by atoms with van der Waals surface area (Å²) in [5.74, 6) is 0. The number of alkyl halides is 2. The van der Waals surface area contributed by atoms with Crippen molar-refractivity contribution in [2.24, 2.45) is 0 Å². The summed E-state index contributed by atoms with van der Waals surface area (Å²) in [6, 6.07) is 0. The summed E-state index contributed by atoms with van der Waals surface area (Å²) in [6.45, 7) is -1.11. The standard InChI is InChI=1S/C5H9F2O/c6-3-1-5(7)2-4-8/h5H,1-4H2. The molecule has 0 fully saturated rings. The first kappa shape index (κ1) is 7.82. The van der Waals surface area contributed by atoms with E-state index in [0.29, 0.717) is 0 Å². The summed E-state index contributed by atoms with van der Waals surface area (Å²) in [4.78, 5) is 0. The Kier molecular flexibility index (Phi) is 4.85. The molecule has 0 saturated heterocycles. The van der Waals surface area contributed by atoms with E-state index in [1.54, 1.807) is 0 Å². The Morgan fingerprint density at radius 3 is 2.38 bits per heavy atom. The molecule has 0 aromatic rings. The minimum absolute atomic E-state index is 0.0517. The first-order valence-electron chi connectivity index (χ1n) is 2.59. The van der Waals surface area contributed by atoms with E-state index in [0.717, 1.165) is 0 Å². The molecule has 0 saturated carbocycles. The van der Waals surface area contributed by atoms with E-state index >= 15 is 0 Å². The topological polar surface area (TPSA) is 19.9 Å². The van der Waals surface area contributed by atoms with E-state index in [-0.39, 0.29) is 12.8 Å². The zero-order valence-corrected chi connectivity index (χ0v) is 4.57. The van der Waals surface area contributed by atoms with Crippen LogP contribution < -0.4 is 0 Å². The van der Waals surface area contributed by atoms with Crippen LogP contribution in [0.25, 0.3) is 0 Å². The van der Waals surface area contributed by atoms with Crippen LogP contribution in [0.1, 0.15) is 12.8 Å². The normalized spacial score (nSPS) is 13.9. The van der Waals surface area contributed by atoms with Crippen molar-refractivity contribution in [3.8, 4) is 0 Å². The molecule has 0 rings (SSSR count). The number of rotatable bonds is 4. The molecule has 0 bridgehead atoms. The molecule has 3 heteroatoms. The highest BCUT2D eigenvalue weighted by molar-refractivity contribution is 4.52. The average molecular weight is 123 g/mol. The molecule has 0 aliphatic rings. The maximum Gasteiger partial charge on any atom is 0.105 e. The van der Waals surface area contributed by atoms with Gasteiger partial charge in [-0.2, -0.15) is 0 Å². The van der Waals surface area contributed by atoms with Crippen molar-refractivity contribution < 1.29 is 13.9 Å². The van der Waals surface area contributed by atoms with Gasteiger partial charge in [-0.05, 0) is 0 Å². The summed E-state index contributed by atoms with van der Waals surface area (Å²) in [5, 5.41) is 9.65. The molecule has 8 heavy (non-hydrogen) atoms. The Morgan fingerprint density at radius 2 is 2.00 bits per heavy atom. The van der Waals surface area contributed by atoms with Crippen LogP contribution in [0.3, 0.4) is 0 Å². The van der Waals surface area contributed by atoms with Gasteiger partial charge in [0, 0.05) is 12.8 Å². The Bertz CT molecular complexity index is 43.7.